The molecule has 0 atom stereocenters. The summed E-state index contributed by atoms with van der Waals surface area (Å²) in [6.07, 6.45) is 1.50. The number of nitrogens with one attached hydrogen (secondary N) is 2. The summed E-state index contributed by atoms with van der Waals surface area (Å²) in [5, 5.41) is 6.58. The predicted octanol–water partition coefficient (Wildman–Crippen LogP) is 5.09. The van der Waals surface area contributed by atoms with E-state index in [1.807, 2.05) is 31.2 Å². The number of benzene rings is 2. The van der Waals surface area contributed by atoms with Crippen molar-refractivity contribution >= 4 is 46.4 Å². The fourth-order valence-electron chi connectivity index (χ4n) is 2.17. The van der Waals surface area contributed by atoms with E-state index >= 15 is 0 Å². The quantitative estimate of drug-likeness (QED) is 0.669. The van der Waals surface area contributed by atoms with Gasteiger partial charge in [-0.2, -0.15) is 0 Å². The molecular formula is C18H14Cl2N4O. The van der Waals surface area contributed by atoms with Crippen LogP contribution in [0, 0.1) is 6.92 Å². The van der Waals surface area contributed by atoms with Crippen LogP contribution in [0.5, 0.6) is 0 Å². The molecule has 0 radical (unpaired) electrons. The van der Waals surface area contributed by atoms with E-state index in [-0.39, 0.29) is 17.5 Å². The minimum Gasteiger partial charge on any atom is -0.323 e. The SMILES string of the molecule is Cc1ccccc1NC(=O)c1ccnc(Nc2cccc(Cl)c2Cl)n1. The van der Waals surface area contributed by atoms with Gasteiger partial charge in [0.1, 0.15) is 5.69 Å². The van der Waals surface area contributed by atoms with Gasteiger partial charge in [-0.25, -0.2) is 9.97 Å². The fourth-order valence-corrected chi connectivity index (χ4v) is 2.51. The van der Waals surface area contributed by atoms with Gasteiger partial charge in [-0.3, -0.25) is 4.79 Å². The normalized spacial score (nSPS) is 10.4. The summed E-state index contributed by atoms with van der Waals surface area (Å²) in [4.78, 5) is 20.8. The van der Waals surface area contributed by atoms with Crippen molar-refractivity contribution in [2.24, 2.45) is 0 Å². The number of aromatic nitrogens is 2. The molecule has 0 unspecified atom stereocenters. The van der Waals surface area contributed by atoms with E-state index in [2.05, 4.69) is 20.6 Å². The molecule has 7 heteroatoms. The Kier molecular flexibility index (Phi) is 5.16. The van der Waals surface area contributed by atoms with Crippen molar-refractivity contribution in [1.82, 2.24) is 9.97 Å². The van der Waals surface area contributed by atoms with Gasteiger partial charge in [-0.1, -0.05) is 47.5 Å². The average molecular weight is 373 g/mol. The van der Waals surface area contributed by atoms with Crippen LogP contribution in [0.1, 0.15) is 16.1 Å². The number of nitrogens with zero attached hydrogens (tertiary/aromatic N) is 2. The molecule has 1 amide bonds. The Morgan fingerprint density at radius 2 is 1.76 bits per heavy atom. The second kappa shape index (κ2) is 7.51. The molecule has 1 aromatic heterocycles. The summed E-state index contributed by atoms with van der Waals surface area (Å²) in [7, 11) is 0. The Labute approximate surface area is 155 Å². The van der Waals surface area contributed by atoms with Gasteiger partial charge in [0.05, 0.1) is 15.7 Å². The fraction of sp³-hybridized carbons (Fsp3) is 0.0556. The Morgan fingerprint density at radius 3 is 2.56 bits per heavy atom. The number of hydrogen-bond acceptors (Lipinski definition) is 4. The lowest BCUT2D eigenvalue weighted by Crippen LogP contribution is -2.15. The van der Waals surface area contributed by atoms with Gasteiger partial charge >= 0.3 is 0 Å². The lowest BCUT2D eigenvalue weighted by atomic mass is 10.2. The maximum atomic E-state index is 12.4. The Bertz CT molecular complexity index is 930. The van der Waals surface area contributed by atoms with Gasteiger partial charge in [-0.15, -0.1) is 0 Å². The molecule has 3 rings (SSSR count). The van der Waals surface area contributed by atoms with E-state index in [0.29, 0.717) is 15.7 Å². The molecule has 126 valence electrons. The second-order valence-electron chi connectivity index (χ2n) is 5.26. The number of para-hydroxylation sites is 1. The maximum Gasteiger partial charge on any atom is 0.274 e. The van der Waals surface area contributed by atoms with E-state index in [9.17, 15) is 4.79 Å². The van der Waals surface area contributed by atoms with Crippen LogP contribution in [0.25, 0.3) is 0 Å². The van der Waals surface area contributed by atoms with E-state index < -0.39 is 0 Å². The molecule has 0 aliphatic heterocycles. The van der Waals surface area contributed by atoms with Gasteiger partial charge in [-0.05, 0) is 36.8 Å². The van der Waals surface area contributed by atoms with Crippen molar-refractivity contribution in [1.29, 1.82) is 0 Å². The summed E-state index contributed by atoms with van der Waals surface area (Å²) in [5.74, 6) is -0.0708. The van der Waals surface area contributed by atoms with Gasteiger partial charge < -0.3 is 10.6 Å². The number of carbonyl (C=O) groups excluding carboxylic acids is 1. The van der Waals surface area contributed by atoms with Crippen LogP contribution in [-0.2, 0) is 0 Å². The Morgan fingerprint density at radius 1 is 1.00 bits per heavy atom. The van der Waals surface area contributed by atoms with Crippen molar-refractivity contribution < 1.29 is 4.79 Å². The van der Waals surface area contributed by atoms with Crippen molar-refractivity contribution in [3.8, 4) is 0 Å². The Balaban J connectivity index is 1.80. The summed E-state index contributed by atoms with van der Waals surface area (Å²) < 4.78 is 0. The van der Waals surface area contributed by atoms with Crippen molar-refractivity contribution in [3.63, 3.8) is 0 Å². The molecule has 0 saturated heterocycles. The molecule has 1 heterocycles. The van der Waals surface area contributed by atoms with Crippen molar-refractivity contribution in [2.75, 3.05) is 10.6 Å². The second-order valence-corrected chi connectivity index (χ2v) is 6.05. The zero-order valence-corrected chi connectivity index (χ0v) is 14.8. The van der Waals surface area contributed by atoms with Crippen LogP contribution in [-0.4, -0.2) is 15.9 Å². The predicted molar refractivity (Wildman–Crippen MR) is 101 cm³/mol. The minimum atomic E-state index is -0.322. The number of rotatable bonds is 4. The highest BCUT2D eigenvalue weighted by atomic mass is 35.5. The number of aryl methyl sites for hydroxylation is 1. The van der Waals surface area contributed by atoms with Crippen LogP contribution in [0.3, 0.4) is 0 Å². The monoisotopic (exact) mass is 372 g/mol. The van der Waals surface area contributed by atoms with Crippen LogP contribution in [0.15, 0.2) is 54.7 Å². The average Bonchev–Trinajstić information content (AvgIpc) is 2.61. The van der Waals surface area contributed by atoms with Crippen LogP contribution < -0.4 is 10.6 Å². The minimum absolute atomic E-state index is 0.235. The summed E-state index contributed by atoms with van der Waals surface area (Å²) in [6.45, 7) is 1.92. The van der Waals surface area contributed by atoms with Crippen molar-refractivity contribution in [2.45, 2.75) is 6.92 Å². The lowest BCUT2D eigenvalue weighted by Gasteiger charge is -2.10. The first-order valence-electron chi connectivity index (χ1n) is 7.45. The number of halogens is 2. The van der Waals surface area contributed by atoms with E-state index in [4.69, 9.17) is 23.2 Å². The highest BCUT2D eigenvalue weighted by Crippen LogP contribution is 2.30. The van der Waals surface area contributed by atoms with E-state index in [1.54, 1.807) is 24.3 Å². The Hall–Kier alpha value is -2.63. The molecular weight excluding hydrogens is 359 g/mol. The van der Waals surface area contributed by atoms with E-state index in [1.165, 1.54) is 6.20 Å². The zero-order valence-electron chi connectivity index (χ0n) is 13.3. The molecule has 2 N–H and O–H groups in total. The third kappa shape index (κ3) is 4.07. The molecule has 2 aromatic carbocycles. The first kappa shape index (κ1) is 17.2. The molecule has 0 bridgehead atoms. The van der Waals surface area contributed by atoms with Crippen molar-refractivity contribution in [3.05, 3.63) is 76.0 Å². The maximum absolute atomic E-state index is 12.4. The van der Waals surface area contributed by atoms with Gasteiger partial charge in [0.2, 0.25) is 5.95 Å². The number of amides is 1. The molecule has 25 heavy (non-hydrogen) atoms. The van der Waals surface area contributed by atoms with Gasteiger partial charge in [0.25, 0.3) is 5.91 Å². The van der Waals surface area contributed by atoms with Gasteiger partial charge in [0, 0.05) is 11.9 Å². The summed E-state index contributed by atoms with van der Waals surface area (Å²) in [6, 6.07) is 14.2. The van der Waals surface area contributed by atoms with Crippen LogP contribution >= 0.6 is 23.2 Å². The topological polar surface area (TPSA) is 66.9 Å². The summed E-state index contributed by atoms with van der Waals surface area (Å²) >= 11 is 12.1. The zero-order chi connectivity index (χ0) is 17.8. The summed E-state index contributed by atoms with van der Waals surface area (Å²) in [5.41, 5.74) is 2.50. The third-order valence-electron chi connectivity index (χ3n) is 3.48. The molecule has 0 saturated carbocycles. The molecule has 0 spiro atoms. The molecule has 0 aliphatic carbocycles. The molecule has 5 nitrogen and oxygen atoms in total. The molecule has 3 aromatic rings. The van der Waals surface area contributed by atoms with E-state index in [0.717, 1.165) is 11.3 Å². The smallest absolute Gasteiger partial charge is 0.274 e. The van der Waals surface area contributed by atoms with Crippen LogP contribution in [0.4, 0.5) is 17.3 Å². The van der Waals surface area contributed by atoms with Gasteiger partial charge in [0.15, 0.2) is 0 Å². The number of hydrogen-bond donors (Lipinski definition) is 2. The third-order valence-corrected chi connectivity index (χ3v) is 4.30. The number of carbonyl (C=O) groups is 1. The number of anilines is 3. The first-order chi connectivity index (χ1) is 12.0. The van der Waals surface area contributed by atoms with Crippen LogP contribution in [0.2, 0.25) is 10.0 Å². The molecule has 0 fully saturated rings. The highest BCUT2D eigenvalue weighted by molar-refractivity contribution is 6.43. The standard InChI is InChI=1S/C18H14Cl2N4O/c1-11-5-2-3-7-13(11)22-17(25)15-9-10-21-18(24-15)23-14-8-4-6-12(19)16(14)20/h2-10H,1H3,(H,22,25)(H,21,23,24). The highest BCUT2D eigenvalue weighted by Gasteiger charge is 2.11. The lowest BCUT2D eigenvalue weighted by molar-refractivity contribution is 0.102. The first-order valence-corrected chi connectivity index (χ1v) is 8.21. The molecule has 0 aliphatic rings. The largest absolute Gasteiger partial charge is 0.323 e.